The smallest absolute Gasteiger partial charge is 0.266 e. The van der Waals surface area contributed by atoms with Crippen LogP contribution in [0.2, 0.25) is 0 Å². The molecule has 0 aliphatic rings. The number of methoxy groups -OCH3 is 1. The molecule has 4 rings (SSSR count). The van der Waals surface area contributed by atoms with E-state index in [4.69, 9.17) is 4.74 Å². The predicted molar refractivity (Wildman–Crippen MR) is 139 cm³/mol. The third-order valence-corrected chi connectivity index (χ3v) is 6.43. The normalized spacial score (nSPS) is 11.4. The highest BCUT2D eigenvalue weighted by atomic mass is 79.9. The highest BCUT2D eigenvalue weighted by Gasteiger charge is 2.15. The van der Waals surface area contributed by atoms with Gasteiger partial charge in [0.05, 0.1) is 35.2 Å². The number of rotatable bonds is 7. The molecule has 9 heteroatoms. The van der Waals surface area contributed by atoms with E-state index in [1.807, 2.05) is 37.3 Å². The Morgan fingerprint density at radius 1 is 1.12 bits per heavy atom. The average molecular weight is 537 g/mol. The molecule has 0 spiro atoms. The Balaban J connectivity index is 1.59. The van der Waals surface area contributed by atoms with Crippen molar-refractivity contribution < 1.29 is 9.53 Å². The van der Waals surface area contributed by atoms with Crippen LogP contribution in [0, 0.1) is 0 Å². The molecule has 0 aliphatic carbocycles. The molecule has 0 aliphatic heterocycles. The molecular formula is C25H21BrN4O3S. The van der Waals surface area contributed by atoms with Crippen LogP contribution in [-0.2, 0) is 4.79 Å². The number of carbonyl (C=O) groups excluding carboxylic acids is 1. The lowest BCUT2D eigenvalue weighted by atomic mass is 10.1. The van der Waals surface area contributed by atoms with Gasteiger partial charge in [-0.25, -0.2) is 10.4 Å². The molecule has 1 heterocycles. The summed E-state index contributed by atoms with van der Waals surface area (Å²) in [5.41, 5.74) is 5.15. The van der Waals surface area contributed by atoms with E-state index < -0.39 is 0 Å². The largest absolute Gasteiger partial charge is 0.497 e. The Kier molecular flexibility index (Phi) is 7.44. The van der Waals surface area contributed by atoms with Crippen molar-refractivity contribution >= 4 is 50.2 Å². The first kappa shape index (κ1) is 23.7. The van der Waals surface area contributed by atoms with Crippen molar-refractivity contribution in [2.45, 2.75) is 12.1 Å². The first-order valence-electron chi connectivity index (χ1n) is 10.3. The summed E-state index contributed by atoms with van der Waals surface area (Å²) in [6.07, 6.45) is 0. The minimum absolute atomic E-state index is 0.0379. The molecule has 0 atom stereocenters. The Bertz CT molecular complexity index is 1430. The molecule has 0 fully saturated rings. The van der Waals surface area contributed by atoms with Crippen molar-refractivity contribution in [3.8, 4) is 11.4 Å². The predicted octanol–water partition coefficient (Wildman–Crippen LogP) is 4.79. The standard InChI is InChI=1S/C25H21BrN4O3S/c1-16(17-6-5-7-18(26)14-17)28-29-23(31)15-34-25-27-22-9-4-3-8-21(22)24(32)30(25)19-10-12-20(33-2)13-11-19/h3-14H,15H2,1-2H3,(H,29,31)/b28-16+. The minimum Gasteiger partial charge on any atom is -0.497 e. The maximum absolute atomic E-state index is 13.3. The number of aromatic nitrogens is 2. The number of hydrogen-bond acceptors (Lipinski definition) is 6. The first-order valence-corrected chi connectivity index (χ1v) is 12.1. The quantitative estimate of drug-likeness (QED) is 0.159. The third-order valence-electron chi connectivity index (χ3n) is 5.00. The molecular weight excluding hydrogens is 516 g/mol. The number of amides is 1. The third kappa shape index (κ3) is 5.37. The van der Waals surface area contributed by atoms with E-state index in [0.29, 0.717) is 33.2 Å². The number of hydrazone groups is 1. The van der Waals surface area contributed by atoms with Gasteiger partial charge in [0.25, 0.3) is 11.5 Å². The number of benzene rings is 3. The average Bonchev–Trinajstić information content (AvgIpc) is 2.86. The van der Waals surface area contributed by atoms with E-state index in [-0.39, 0.29) is 17.2 Å². The van der Waals surface area contributed by atoms with Crippen molar-refractivity contribution in [3.63, 3.8) is 0 Å². The van der Waals surface area contributed by atoms with E-state index in [1.165, 1.54) is 16.3 Å². The zero-order valence-electron chi connectivity index (χ0n) is 18.5. The molecule has 3 aromatic carbocycles. The molecule has 1 N–H and O–H groups in total. The SMILES string of the molecule is COc1ccc(-n2c(SCC(=O)N/N=C(\C)c3cccc(Br)c3)nc3ccccc3c2=O)cc1. The monoisotopic (exact) mass is 536 g/mol. The number of halogens is 1. The van der Waals surface area contributed by atoms with Crippen molar-refractivity contribution in [1.29, 1.82) is 0 Å². The van der Waals surface area contributed by atoms with Crippen LogP contribution in [0.5, 0.6) is 5.75 Å². The summed E-state index contributed by atoms with van der Waals surface area (Å²) in [5.74, 6) is 0.414. The highest BCUT2D eigenvalue weighted by molar-refractivity contribution is 9.10. The summed E-state index contributed by atoms with van der Waals surface area (Å²) in [5, 5.41) is 5.11. The van der Waals surface area contributed by atoms with Gasteiger partial charge in [-0.1, -0.05) is 52.0 Å². The van der Waals surface area contributed by atoms with Gasteiger partial charge in [0.2, 0.25) is 0 Å². The van der Waals surface area contributed by atoms with E-state index in [0.717, 1.165) is 10.0 Å². The van der Waals surface area contributed by atoms with Gasteiger partial charge in [-0.05, 0) is 61.0 Å². The number of fused-ring (bicyclic) bond motifs is 1. The van der Waals surface area contributed by atoms with Gasteiger partial charge >= 0.3 is 0 Å². The summed E-state index contributed by atoms with van der Waals surface area (Å²) in [6.45, 7) is 1.82. The second-order valence-electron chi connectivity index (χ2n) is 7.28. The molecule has 34 heavy (non-hydrogen) atoms. The molecule has 172 valence electrons. The molecule has 7 nitrogen and oxygen atoms in total. The molecule has 0 radical (unpaired) electrons. The molecule has 0 saturated carbocycles. The summed E-state index contributed by atoms with van der Waals surface area (Å²) in [6, 6.07) is 21.9. The van der Waals surface area contributed by atoms with Crippen molar-refractivity contribution in [2.24, 2.45) is 5.10 Å². The van der Waals surface area contributed by atoms with Crippen molar-refractivity contribution in [2.75, 3.05) is 12.9 Å². The number of carbonyl (C=O) groups is 1. The molecule has 0 saturated heterocycles. The fraction of sp³-hybridized carbons (Fsp3) is 0.120. The Morgan fingerprint density at radius 3 is 2.62 bits per heavy atom. The molecule has 1 amide bonds. The van der Waals surface area contributed by atoms with Gasteiger partial charge in [0.1, 0.15) is 5.75 Å². The topological polar surface area (TPSA) is 85.6 Å². The first-order chi connectivity index (χ1) is 16.5. The van der Waals surface area contributed by atoms with Crippen LogP contribution in [0.15, 0.2) is 92.3 Å². The number of nitrogens with one attached hydrogen (secondary N) is 1. The lowest BCUT2D eigenvalue weighted by Gasteiger charge is -2.13. The Labute approximate surface area is 209 Å². The number of hydrogen-bond donors (Lipinski definition) is 1. The van der Waals surface area contributed by atoms with Crippen molar-refractivity contribution in [1.82, 2.24) is 15.0 Å². The second kappa shape index (κ2) is 10.7. The van der Waals surface area contributed by atoms with E-state index >= 15 is 0 Å². The Hall–Kier alpha value is -3.43. The number of thioether (sulfide) groups is 1. The summed E-state index contributed by atoms with van der Waals surface area (Å²) in [7, 11) is 1.58. The molecule has 0 unspecified atom stereocenters. The zero-order valence-corrected chi connectivity index (χ0v) is 20.9. The fourth-order valence-corrected chi connectivity index (χ4v) is 4.46. The van der Waals surface area contributed by atoms with Crippen LogP contribution in [0.1, 0.15) is 12.5 Å². The van der Waals surface area contributed by atoms with Gasteiger partial charge in [0, 0.05) is 4.47 Å². The minimum atomic E-state index is -0.303. The fourth-order valence-electron chi connectivity index (χ4n) is 3.25. The van der Waals surface area contributed by atoms with E-state index in [2.05, 4.69) is 31.4 Å². The van der Waals surface area contributed by atoms with Gasteiger partial charge in [-0.2, -0.15) is 5.10 Å². The summed E-state index contributed by atoms with van der Waals surface area (Å²) >= 11 is 4.60. The summed E-state index contributed by atoms with van der Waals surface area (Å²) in [4.78, 5) is 30.5. The van der Waals surface area contributed by atoms with Gasteiger partial charge in [0.15, 0.2) is 5.16 Å². The van der Waals surface area contributed by atoms with Crippen LogP contribution in [-0.4, -0.2) is 34.0 Å². The lowest BCUT2D eigenvalue weighted by molar-refractivity contribution is -0.118. The van der Waals surface area contributed by atoms with E-state index in [9.17, 15) is 9.59 Å². The van der Waals surface area contributed by atoms with Gasteiger partial charge < -0.3 is 4.74 Å². The molecule has 0 bridgehead atoms. The van der Waals surface area contributed by atoms with Crippen LogP contribution in [0.3, 0.4) is 0 Å². The maximum Gasteiger partial charge on any atom is 0.266 e. The van der Waals surface area contributed by atoms with Crippen LogP contribution in [0.4, 0.5) is 0 Å². The number of nitrogens with zero attached hydrogens (tertiary/aromatic N) is 3. The van der Waals surface area contributed by atoms with Crippen LogP contribution >= 0.6 is 27.7 Å². The van der Waals surface area contributed by atoms with Crippen molar-refractivity contribution in [3.05, 3.63) is 93.2 Å². The summed E-state index contributed by atoms with van der Waals surface area (Å²) < 4.78 is 7.66. The van der Waals surface area contributed by atoms with Crippen LogP contribution < -0.4 is 15.7 Å². The number of ether oxygens (including phenoxy) is 1. The molecule has 4 aromatic rings. The van der Waals surface area contributed by atoms with E-state index in [1.54, 1.807) is 49.6 Å². The zero-order chi connectivity index (χ0) is 24.1. The van der Waals surface area contributed by atoms with Gasteiger partial charge in [-0.15, -0.1) is 0 Å². The maximum atomic E-state index is 13.3. The second-order valence-corrected chi connectivity index (χ2v) is 9.14. The van der Waals surface area contributed by atoms with Crippen LogP contribution in [0.25, 0.3) is 16.6 Å². The van der Waals surface area contributed by atoms with Gasteiger partial charge in [-0.3, -0.25) is 14.2 Å². The lowest BCUT2D eigenvalue weighted by Crippen LogP contribution is -2.24. The molecule has 1 aromatic heterocycles. The number of para-hydroxylation sites is 1. The Morgan fingerprint density at radius 2 is 1.88 bits per heavy atom. The highest BCUT2D eigenvalue weighted by Crippen LogP contribution is 2.22.